The average molecular weight is 719 g/mol. The number of carbonyl (C=O) groups is 1. The van der Waals surface area contributed by atoms with E-state index in [9.17, 15) is 9.18 Å². The summed E-state index contributed by atoms with van der Waals surface area (Å²) in [7, 11) is -2.56. The normalized spacial score (nSPS) is 15.2. The second kappa shape index (κ2) is 14.7. The molecule has 1 fully saturated rings. The van der Waals surface area contributed by atoms with Crippen LogP contribution in [0.5, 0.6) is 0 Å². The van der Waals surface area contributed by atoms with Crippen molar-refractivity contribution in [2.24, 2.45) is 0 Å². The number of halogens is 1. The van der Waals surface area contributed by atoms with Gasteiger partial charge < -0.3 is 24.3 Å². The number of ether oxygens (including phenoxy) is 2. The number of urea groups is 1. The molecule has 2 amide bonds. The minimum atomic E-state index is -1.29. The van der Waals surface area contributed by atoms with E-state index in [1.165, 1.54) is 6.42 Å². The first kappa shape index (κ1) is 36.5. The number of amides is 2. The molecule has 270 valence electrons. The molecule has 2 aliphatic rings. The molecule has 1 N–H and O–H groups in total. The van der Waals surface area contributed by atoms with Gasteiger partial charge in [0.1, 0.15) is 25.0 Å². The lowest BCUT2D eigenvalue weighted by Crippen LogP contribution is -2.45. The Hall–Kier alpha value is -3.33. The molecule has 0 atom stereocenters. The van der Waals surface area contributed by atoms with Crippen molar-refractivity contribution in [2.75, 3.05) is 13.2 Å². The monoisotopic (exact) mass is 718 g/mol. The van der Waals surface area contributed by atoms with Crippen LogP contribution in [0.15, 0.2) is 30.3 Å². The van der Waals surface area contributed by atoms with Crippen LogP contribution in [0.4, 0.5) is 9.18 Å². The maximum Gasteiger partial charge on any atom is 0.318 e. The SMILES string of the molecule is CCc1cc(C)c(F)cc1-c1ccc2c(-c3nc4c(n3COCC[Si](C)(C)C)CN(C(=O)NC3CCC3)C4)nn(COCC[Si](C)(C)C)c2c1. The van der Waals surface area contributed by atoms with Gasteiger partial charge in [-0.3, -0.25) is 0 Å². The van der Waals surface area contributed by atoms with Crippen molar-refractivity contribution in [3.05, 3.63) is 58.7 Å². The summed E-state index contributed by atoms with van der Waals surface area (Å²) in [4.78, 5) is 20.2. The third kappa shape index (κ3) is 8.24. The lowest BCUT2D eigenvalue weighted by atomic mass is 9.93. The molecule has 6 rings (SSSR count). The fraction of sp³-hybridized carbons (Fsp3) is 0.553. The molecule has 9 nitrogen and oxygen atoms in total. The van der Waals surface area contributed by atoms with Crippen LogP contribution < -0.4 is 5.32 Å². The summed E-state index contributed by atoms with van der Waals surface area (Å²) in [5.41, 5.74) is 7.12. The van der Waals surface area contributed by atoms with Gasteiger partial charge in [-0.25, -0.2) is 18.9 Å². The van der Waals surface area contributed by atoms with Crippen molar-refractivity contribution in [3.63, 3.8) is 0 Å². The molecule has 1 aliphatic carbocycles. The van der Waals surface area contributed by atoms with E-state index in [-0.39, 0.29) is 17.9 Å². The molecule has 3 heterocycles. The first-order valence-electron chi connectivity index (χ1n) is 18.3. The summed E-state index contributed by atoms with van der Waals surface area (Å²) in [5, 5.41) is 9.29. The molecular weight excluding hydrogens is 664 g/mol. The molecule has 2 aromatic carbocycles. The number of fused-ring (bicyclic) bond motifs is 2. The standard InChI is InChI=1S/C38H55FN6O3Si2/c1-9-27-19-26(2)32(39)21-31(27)28-13-14-30-34(20-28)45(25-48-16-18-50(6,7)8)42-36(30)37-41-33-22-43(38(46)40-29-11-10-12-29)23-35(33)44(37)24-47-15-17-49(3,4)5/h13-14,19-21,29H,9-12,15-18,22-25H2,1-8H3,(H,40,46). The number of rotatable bonds is 14. The first-order chi connectivity index (χ1) is 23.7. The van der Waals surface area contributed by atoms with Gasteiger partial charge in [0.25, 0.3) is 0 Å². The topological polar surface area (TPSA) is 86.4 Å². The number of hydrogen-bond donors (Lipinski definition) is 1. The Morgan fingerprint density at radius 3 is 2.32 bits per heavy atom. The van der Waals surface area contributed by atoms with E-state index < -0.39 is 16.1 Å². The Labute approximate surface area is 298 Å². The van der Waals surface area contributed by atoms with Crippen LogP contribution in [-0.2, 0) is 42.4 Å². The lowest BCUT2D eigenvalue weighted by molar-refractivity contribution is 0.0814. The van der Waals surface area contributed by atoms with Crippen LogP contribution in [0.2, 0.25) is 51.4 Å². The summed E-state index contributed by atoms with van der Waals surface area (Å²) in [6.45, 7) is 20.9. The maximum atomic E-state index is 14.9. The molecular formula is C38H55FN6O3Si2. The summed E-state index contributed by atoms with van der Waals surface area (Å²) in [6, 6.07) is 12.2. The van der Waals surface area contributed by atoms with Gasteiger partial charge in [-0.1, -0.05) is 58.3 Å². The van der Waals surface area contributed by atoms with Gasteiger partial charge in [0.2, 0.25) is 0 Å². The van der Waals surface area contributed by atoms with Crippen molar-refractivity contribution >= 4 is 33.1 Å². The molecule has 0 spiro atoms. The number of imidazole rings is 1. The highest BCUT2D eigenvalue weighted by molar-refractivity contribution is 6.76. The highest BCUT2D eigenvalue weighted by Crippen LogP contribution is 2.36. The van der Waals surface area contributed by atoms with Crippen LogP contribution in [0, 0.1) is 12.7 Å². The van der Waals surface area contributed by atoms with Crippen LogP contribution in [0.1, 0.15) is 48.7 Å². The number of aromatic nitrogens is 4. The fourth-order valence-corrected chi connectivity index (χ4v) is 8.02. The minimum Gasteiger partial charge on any atom is -0.361 e. The smallest absolute Gasteiger partial charge is 0.318 e. The number of aryl methyl sites for hydroxylation is 2. The number of nitrogens with zero attached hydrogens (tertiary/aromatic N) is 5. The first-order valence-corrected chi connectivity index (χ1v) is 25.7. The number of nitrogens with one attached hydrogen (secondary N) is 1. The predicted octanol–water partition coefficient (Wildman–Crippen LogP) is 8.78. The molecule has 1 aliphatic heterocycles. The van der Waals surface area contributed by atoms with Gasteiger partial charge in [0.15, 0.2) is 5.82 Å². The largest absolute Gasteiger partial charge is 0.361 e. The second-order valence-electron chi connectivity index (χ2n) is 16.6. The Kier molecular flexibility index (Phi) is 10.7. The molecule has 4 aromatic rings. The molecule has 0 bridgehead atoms. The summed E-state index contributed by atoms with van der Waals surface area (Å²) in [5.74, 6) is 0.526. The van der Waals surface area contributed by atoms with E-state index in [4.69, 9.17) is 19.6 Å². The summed E-state index contributed by atoms with van der Waals surface area (Å²) in [6.07, 6.45) is 4.06. The van der Waals surface area contributed by atoms with E-state index >= 15 is 0 Å². The van der Waals surface area contributed by atoms with E-state index in [0.29, 0.717) is 45.3 Å². The van der Waals surface area contributed by atoms with Gasteiger partial charge >= 0.3 is 6.03 Å². The van der Waals surface area contributed by atoms with Gasteiger partial charge in [0, 0.05) is 40.8 Å². The molecule has 0 unspecified atom stereocenters. The Morgan fingerprint density at radius 2 is 1.68 bits per heavy atom. The summed E-state index contributed by atoms with van der Waals surface area (Å²) >= 11 is 0. The summed E-state index contributed by atoms with van der Waals surface area (Å²) < 4.78 is 31.5. The van der Waals surface area contributed by atoms with Crippen molar-refractivity contribution in [1.82, 2.24) is 29.5 Å². The van der Waals surface area contributed by atoms with Gasteiger partial charge in [-0.2, -0.15) is 5.10 Å². The van der Waals surface area contributed by atoms with Gasteiger partial charge in [0.05, 0.1) is 30.0 Å². The molecule has 2 aromatic heterocycles. The van der Waals surface area contributed by atoms with Crippen molar-refractivity contribution in [1.29, 1.82) is 0 Å². The minimum absolute atomic E-state index is 0.0304. The highest BCUT2D eigenvalue weighted by Gasteiger charge is 2.33. The quantitative estimate of drug-likeness (QED) is 0.104. The molecule has 0 saturated heterocycles. The van der Waals surface area contributed by atoms with Crippen molar-refractivity contribution < 1.29 is 18.7 Å². The van der Waals surface area contributed by atoms with Gasteiger partial charge in [-0.05, 0) is 85.1 Å². The number of carbonyl (C=O) groups excluding carboxylic acids is 1. The number of hydrogen-bond acceptors (Lipinski definition) is 5. The maximum absolute atomic E-state index is 14.9. The van der Waals surface area contributed by atoms with E-state index in [1.54, 1.807) is 6.07 Å². The van der Waals surface area contributed by atoms with Crippen LogP contribution >= 0.6 is 0 Å². The fourth-order valence-electron chi connectivity index (χ4n) is 6.51. The van der Waals surface area contributed by atoms with E-state index in [2.05, 4.69) is 74.3 Å². The predicted molar refractivity (Wildman–Crippen MR) is 204 cm³/mol. The Bertz CT molecular complexity index is 1850. The second-order valence-corrected chi connectivity index (χ2v) is 27.8. The third-order valence-corrected chi connectivity index (χ3v) is 13.4. The van der Waals surface area contributed by atoms with Crippen molar-refractivity contribution in [2.45, 2.75) is 123 Å². The van der Waals surface area contributed by atoms with Gasteiger partial charge in [-0.15, -0.1) is 0 Å². The average Bonchev–Trinajstić information content (AvgIpc) is 3.70. The molecule has 50 heavy (non-hydrogen) atoms. The van der Waals surface area contributed by atoms with Crippen LogP contribution in [-0.4, -0.2) is 65.7 Å². The highest BCUT2D eigenvalue weighted by atomic mass is 28.3. The van der Waals surface area contributed by atoms with Crippen LogP contribution in [0.25, 0.3) is 33.5 Å². The lowest BCUT2D eigenvalue weighted by Gasteiger charge is -2.29. The van der Waals surface area contributed by atoms with Crippen LogP contribution in [0.3, 0.4) is 0 Å². The third-order valence-electron chi connectivity index (χ3n) is 10.0. The zero-order chi connectivity index (χ0) is 35.8. The zero-order valence-electron chi connectivity index (χ0n) is 31.3. The Morgan fingerprint density at radius 1 is 0.980 bits per heavy atom. The van der Waals surface area contributed by atoms with Crippen molar-refractivity contribution in [3.8, 4) is 22.6 Å². The molecule has 0 radical (unpaired) electrons. The zero-order valence-corrected chi connectivity index (χ0v) is 33.3. The Balaban J connectivity index is 1.39. The molecule has 1 saturated carbocycles. The van der Waals surface area contributed by atoms with E-state index in [0.717, 1.165) is 81.9 Å². The van der Waals surface area contributed by atoms with E-state index in [1.807, 2.05) is 22.6 Å². The number of benzene rings is 2. The molecule has 12 heteroatoms.